The Balaban J connectivity index is 1.75. The van der Waals surface area contributed by atoms with Crippen LogP contribution in [0.15, 0.2) is 54.6 Å². The number of aliphatic carboxylic acids is 1. The highest BCUT2D eigenvalue weighted by Gasteiger charge is 2.37. The molecule has 0 unspecified atom stereocenters. The number of nitriles is 1. The van der Waals surface area contributed by atoms with Crippen molar-refractivity contribution in [3.8, 4) is 6.07 Å². The summed E-state index contributed by atoms with van der Waals surface area (Å²) in [6.07, 6.45) is 0.307. The number of hydrogen-bond acceptors (Lipinski definition) is 5. The van der Waals surface area contributed by atoms with Gasteiger partial charge in [0.05, 0.1) is 12.6 Å². The van der Waals surface area contributed by atoms with Crippen LogP contribution in [0.5, 0.6) is 0 Å². The lowest BCUT2D eigenvalue weighted by atomic mass is 9.93. The Morgan fingerprint density at radius 2 is 1.81 bits per heavy atom. The molecule has 1 aliphatic heterocycles. The quantitative estimate of drug-likeness (QED) is 0.615. The zero-order valence-electron chi connectivity index (χ0n) is 17.6. The van der Waals surface area contributed by atoms with Gasteiger partial charge in [0, 0.05) is 12.8 Å². The molecular formula is C24H25N3O5. The van der Waals surface area contributed by atoms with E-state index in [0.29, 0.717) is 6.42 Å². The van der Waals surface area contributed by atoms with E-state index in [4.69, 9.17) is 10.00 Å². The second kappa shape index (κ2) is 11.0. The molecule has 1 aliphatic rings. The van der Waals surface area contributed by atoms with Crippen LogP contribution >= 0.6 is 0 Å². The van der Waals surface area contributed by atoms with E-state index in [0.717, 1.165) is 16.7 Å². The highest BCUT2D eigenvalue weighted by molar-refractivity contribution is 5.89. The lowest BCUT2D eigenvalue weighted by molar-refractivity contribution is -0.143. The van der Waals surface area contributed by atoms with Crippen LogP contribution in [-0.4, -0.2) is 40.1 Å². The summed E-state index contributed by atoms with van der Waals surface area (Å²) >= 11 is 0. The highest BCUT2D eigenvalue weighted by Crippen LogP contribution is 2.25. The molecule has 0 spiro atoms. The van der Waals surface area contributed by atoms with Crippen LogP contribution in [-0.2, 0) is 33.9 Å². The summed E-state index contributed by atoms with van der Waals surface area (Å²) in [4.78, 5) is 38.9. The normalized spacial score (nSPS) is 15.7. The van der Waals surface area contributed by atoms with E-state index in [1.54, 1.807) is 0 Å². The number of nitrogens with zero attached hydrogens (tertiary/aromatic N) is 2. The summed E-state index contributed by atoms with van der Waals surface area (Å²) in [7, 11) is 0. The molecule has 0 saturated heterocycles. The van der Waals surface area contributed by atoms with Crippen molar-refractivity contribution in [2.45, 2.75) is 50.9 Å². The van der Waals surface area contributed by atoms with Crippen molar-refractivity contribution in [1.29, 1.82) is 5.26 Å². The van der Waals surface area contributed by atoms with Crippen molar-refractivity contribution in [1.82, 2.24) is 10.2 Å². The number of nitrogens with one attached hydrogen (secondary N) is 1. The van der Waals surface area contributed by atoms with E-state index in [9.17, 15) is 19.5 Å². The Bertz CT molecular complexity index is 1000. The molecule has 2 N–H and O–H groups in total. The molecule has 2 atom stereocenters. The Labute approximate surface area is 186 Å². The average Bonchev–Trinajstić information content (AvgIpc) is 2.81. The van der Waals surface area contributed by atoms with Gasteiger partial charge in [-0.25, -0.2) is 9.59 Å². The average molecular weight is 435 g/mol. The fraction of sp³-hybridized carbons (Fsp3) is 0.333. The molecule has 166 valence electrons. The van der Waals surface area contributed by atoms with Gasteiger partial charge in [-0.15, -0.1) is 0 Å². The standard InChI is InChI=1S/C24H25N3O5/c25-13-7-6-12-20(23(29)30)26-22(28)21-14-18-10-4-5-11-19(18)15-27(21)24(31)32-16-17-8-2-1-3-9-17/h1-5,8-11,20-21H,6-7,12,14-16H2,(H,26,28)(H,29,30)/t20-,21-/m0/s1. The van der Waals surface area contributed by atoms with Crippen LogP contribution in [0, 0.1) is 11.3 Å². The Kier molecular flexibility index (Phi) is 7.81. The van der Waals surface area contributed by atoms with Crippen LogP contribution in [0.4, 0.5) is 4.79 Å². The molecule has 0 aliphatic carbocycles. The summed E-state index contributed by atoms with van der Waals surface area (Å²) in [6, 6.07) is 16.7. The van der Waals surface area contributed by atoms with Crippen LogP contribution in [0.3, 0.4) is 0 Å². The van der Waals surface area contributed by atoms with Gasteiger partial charge in [-0.1, -0.05) is 54.6 Å². The number of hydrogen-bond donors (Lipinski definition) is 2. The number of benzene rings is 2. The van der Waals surface area contributed by atoms with Gasteiger partial charge in [0.25, 0.3) is 0 Å². The van der Waals surface area contributed by atoms with E-state index >= 15 is 0 Å². The number of amides is 2. The molecule has 2 amide bonds. The summed E-state index contributed by atoms with van der Waals surface area (Å²) in [5, 5.41) is 20.7. The summed E-state index contributed by atoms with van der Waals surface area (Å²) in [6.45, 7) is 0.256. The minimum Gasteiger partial charge on any atom is -0.480 e. The molecule has 0 saturated carbocycles. The van der Waals surface area contributed by atoms with Gasteiger partial charge in [0.1, 0.15) is 18.7 Å². The predicted octanol–water partition coefficient (Wildman–Crippen LogP) is 3.01. The Morgan fingerprint density at radius 1 is 1.12 bits per heavy atom. The van der Waals surface area contributed by atoms with E-state index in [1.165, 1.54) is 4.90 Å². The van der Waals surface area contributed by atoms with Crippen LogP contribution < -0.4 is 5.32 Å². The first-order valence-corrected chi connectivity index (χ1v) is 10.4. The van der Waals surface area contributed by atoms with Gasteiger partial charge in [-0.3, -0.25) is 9.69 Å². The molecule has 0 radical (unpaired) electrons. The van der Waals surface area contributed by atoms with Crippen molar-refractivity contribution in [2.75, 3.05) is 0 Å². The first-order valence-electron chi connectivity index (χ1n) is 10.4. The number of rotatable bonds is 8. The number of carbonyl (C=O) groups is 3. The minimum absolute atomic E-state index is 0.0675. The summed E-state index contributed by atoms with van der Waals surface area (Å²) in [5.41, 5.74) is 2.66. The van der Waals surface area contributed by atoms with E-state index < -0.39 is 30.1 Å². The molecular weight excluding hydrogens is 410 g/mol. The SMILES string of the molecule is N#CCCC[C@H](NC(=O)[C@@H]1Cc2ccccc2CN1C(=O)OCc1ccccc1)C(=O)O. The largest absolute Gasteiger partial charge is 0.480 e. The maximum atomic E-state index is 13.1. The zero-order chi connectivity index (χ0) is 22.9. The van der Waals surface area contributed by atoms with Crippen molar-refractivity contribution in [2.24, 2.45) is 0 Å². The number of carboxylic acids is 1. The fourth-order valence-corrected chi connectivity index (χ4v) is 3.66. The topological polar surface area (TPSA) is 120 Å². The molecule has 1 heterocycles. The number of carbonyl (C=O) groups excluding carboxylic acids is 2. The second-order valence-corrected chi connectivity index (χ2v) is 7.61. The van der Waals surface area contributed by atoms with Crippen LogP contribution in [0.25, 0.3) is 0 Å². The first kappa shape index (κ1) is 22.8. The predicted molar refractivity (Wildman–Crippen MR) is 115 cm³/mol. The zero-order valence-corrected chi connectivity index (χ0v) is 17.6. The van der Waals surface area contributed by atoms with Gasteiger partial charge in [0.15, 0.2) is 0 Å². The Morgan fingerprint density at radius 3 is 2.50 bits per heavy atom. The monoisotopic (exact) mass is 435 g/mol. The maximum absolute atomic E-state index is 13.1. The number of unbranched alkanes of at least 4 members (excludes halogenated alkanes) is 1. The summed E-state index contributed by atoms with van der Waals surface area (Å²) < 4.78 is 5.45. The smallest absolute Gasteiger partial charge is 0.411 e. The van der Waals surface area contributed by atoms with Gasteiger partial charge >= 0.3 is 12.1 Å². The van der Waals surface area contributed by atoms with Gasteiger partial charge in [0.2, 0.25) is 5.91 Å². The first-order chi connectivity index (χ1) is 15.5. The van der Waals surface area contributed by atoms with Gasteiger partial charge < -0.3 is 15.2 Å². The molecule has 0 fully saturated rings. The molecule has 0 bridgehead atoms. The third-order valence-corrected chi connectivity index (χ3v) is 5.39. The number of carboxylic acid groups (broad SMARTS) is 1. The molecule has 2 aromatic carbocycles. The highest BCUT2D eigenvalue weighted by atomic mass is 16.6. The van der Waals surface area contributed by atoms with Gasteiger partial charge in [-0.05, 0) is 29.5 Å². The number of ether oxygens (including phenoxy) is 1. The van der Waals surface area contributed by atoms with Gasteiger partial charge in [-0.2, -0.15) is 5.26 Å². The lowest BCUT2D eigenvalue weighted by Crippen LogP contribution is -2.55. The maximum Gasteiger partial charge on any atom is 0.411 e. The minimum atomic E-state index is -1.18. The van der Waals surface area contributed by atoms with E-state index in [2.05, 4.69) is 5.32 Å². The lowest BCUT2D eigenvalue weighted by Gasteiger charge is -2.35. The van der Waals surface area contributed by atoms with Crippen molar-refractivity contribution in [3.05, 3.63) is 71.3 Å². The molecule has 8 heteroatoms. The van der Waals surface area contributed by atoms with E-state index in [1.807, 2.05) is 60.7 Å². The van der Waals surface area contributed by atoms with Crippen LogP contribution in [0.1, 0.15) is 36.0 Å². The third-order valence-electron chi connectivity index (χ3n) is 5.39. The molecule has 3 rings (SSSR count). The van der Waals surface area contributed by atoms with Crippen molar-refractivity contribution >= 4 is 18.0 Å². The molecule has 2 aromatic rings. The molecule has 32 heavy (non-hydrogen) atoms. The summed E-state index contributed by atoms with van der Waals surface area (Å²) in [5.74, 6) is -1.73. The third kappa shape index (κ3) is 5.85. The van der Waals surface area contributed by atoms with Crippen molar-refractivity contribution in [3.63, 3.8) is 0 Å². The van der Waals surface area contributed by atoms with Crippen molar-refractivity contribution < 1.29 is 24.2 Å². The number of fused-ring (bicyclic) bond motifs is 1. The van der Waals surface area contributed by atoms with Crippen LogP contribution in [0.2, 0.25) is 0 Å². The Hall–Kier alpha value is -3.86. The molecule has 8 nitrogen and oxygen atoms in total. The van der Waals surface area contributed by atoms with E-state index in [-0.39, 0.29) is 32.4 Å². The second-order valence-electron chi connectivity index (χ2n) is 7.61. The fourth-order valence-electron chi connectivity index (χ4n) is 3.66. The molecule has 0 aromatic heterocycles.